The molecule has 0 unspecified atom stereocenters. The van der Waals surface area contributed by atoms with Gasteiger partial charge in [-0.3, -0.25) is 9.59 Å². The molecule has 0 radical (unpaired) electrons. The van der Waals surface area contributed by atoms with Crippen LogP contribution in [0.4, 0.5) is 5.69 Å². The maximum absolute atomic E-state index is 12.3. The lowest BCUT2D eigenvalue weighted by Gasteiger charge is -2.08. The molecule has 1 amide bonds. The van der Waals surface area contributed by atoms with Crippen molar-refractivity contribution in [3.8, 4) is 5.75 Å². The SMILES string of the molecule is Cc1cc2nc(COc3ccc(NC(=O)c4ccc(Br)cc4)cc3)cc(=O)n2o1. The van der Waals surface area contributed by atoms with Gasteiger partial charge in [0, 0.05) is 27.9 Å². The smallest absolute Gasteiger partial charge is 0.287 e. The second-order valence-electron chi connectivity index (χ2n) is 6.36. The van der Waals surface area contributed by atoms with E-state index in [1.54, 1.807) is 49.4 Å². The summed E-state index contributed by atoms with van der Waals surface area (Å²) in [5.74, 6) is 1.00. The Balaban J connectivity index is 1.40. The van der Waals surface area contributed by atoms with Crippen molar-refractivity contribution in [3.05, 3.63) is 92.5 Å². The zero-order valence-electron chi connectivity index (χ0n) is 15.4. The highest BCUT2D eigenvalue weighted by Crippen LogP contribution is 2.18. The van der Waals surface area contributed by atoms with Crippen LogP contribution in [0.15, 0.2) is 74.5 Å². The molecule has 0 bridgehead atoms. The Bertz CT molecular complexity index is 1230. The van der Waals surface area contributed by atoms with Gasteiger partial charge in [-0.1, -0.05) is 15.9 Å². The molecule has 1 N–H and O–H groups in total. The number of halogens is 1. The van der Waals surface area contributed by atoms with Crippen LogP contribution in [0.2, 0.25) is 0 Å². The molecular formula is C21H16BrN3O4. The van der Waals surface area contributed by atoms with Crippen molar-refractivity contribution in [1.82, 2.24) is 9.56 Å². The number of nitrogens with zero attached hydrogens (tertiary/aromatic N) is 2. The Labute approximate surface area is 174 Å². The summed E-state index contributed by atoms with van der Waals surface area (Å²) in [7, 11) is 0. The van der Waals surface area contributed by atoms with Gasteiger partial charge in [0.1, 0.15) is 18.1 Å². The van der Waals surface area contributed by atoms with E-state index >= 15 is 0 Å². The van der Waals surface area contributed by atoms with Gasteiger partial charge in [0.2, 0.25) is 0 Å². The second kappa shape index (κ2) is 7.92. The van der Waals surface area contributed by atoms with Gasteiger partial charge >= 0.3 is 0 Å². The summed E-state index contributed by atoms with van der Waals surface area (Å²) in [5, 5.41) is 2.83. The minimum atomic E-state index is -0.298. The number of benzene rings is 2. The normalized spacial score (nSPS) is 10.8. The van der Waals surface area contributed by atoms with Crippen molar-refractivity contribution in [1.29, 1.82) is 0 Å². The molecule has 0 fully saturated rings. The first-order valence-electron chi connectivity index (χ1n) is 8.77. The van der Waals surface area contributed by atoms with Gasteiger partial charge in [-0.05, 0) is 55.5 Å². The summed E-state index contributed by atoms with van der Waals surface area (Å²) < 4.78 is 13.0. The largest absolute Gasteiger partial charge is 0.487 e. The third-order valence-electron chi connectivity index (χ3n) is 4.13. The molecule has 0 aliphatic heterocycles. The van der Waals surface area contributed by atoms with Gasteiger partial charge in [-0.25, -0.2) is 4.98 Å². The maximum Gasteiger partial charge on any atom is 0.287 e. The molecule has 0 aliphatic carbocycles. The summed E-state index contributed by atoms with van der Waals surface area (Å²) in [6.07, 6.45) is 0. The van der Waals surface area contributed by atoms with Gasteiger partial charge in [-0.15, -0.1) is 4.57 Å². The first-order valence-corrected chi connectivity index (χ1v) is 9.57. The third-order valence-corrected chi connectivity index (χ3v) is 4.66. The predicted octanol–water partition coefficient (Wildman–Crippen LogP) is 4.19. The molecule has 4 aromatic rings. The van der Waals surface area contributed by atoms with Crippen LogP contribution in [0.5, 0.6) is 5.75 Å². The van der Waals surface area contributed by atoms with Crippen LogP contribution in [0.3, 0.4) is 0 Å². The molecule has 2 aromatic heterocycles. The minimum absolute atomic E-state index is 0.139. The molecular weight excluding hydrogens is 438 g/mol. The van der Waals surface area contributed by atoms with Gasteiger partial charge in [-0.2, -0.15) is 0 Å². The quantitative estimate of drug-likeness (QED) is 0.489. The van der Waals surface area contributed by atoms with Crippen molar-refractivity contribution in [3.63, 3.8) is 0 Å². The summed E-state index contributed by atoms with van der Waals surface area (Å²) >= 11 is 3.34. The standard InChI is InChI=1S/C21H16BrN3O4/c1-13-10-19-23-17(11-20(26)25(19)29-13)12-28-18-8-6-16(7-9-18)24-21(27)14-2-4-15(22)5-3-14/h2-11H,12H2,1H3,(H,24,27). The van der Waals surface area contributed by atoms with Crippen molar-refractivity contribution in [2.24, 2.45) is 0 Å². The Kier molecular flexibility index (Phi) is 5.18. The number of hydrogen-bond acceptors (Lipinski definition) is 5. The van der Waals surface area contributed by atoms with Crippen molar-refractivity contribution >= 4 is 33.2 Å². The van der Waals surface area contributed by atoms with E-state index in [1.807, 2.05) is 12.1 Å². The topological polar surface area (TPSA) is 85.8 Å². The molecule has 8 heteroatoms. The van der Waals surface area contributed by atoms with Crippen LogP contribution < -0.4 is 15.6 Å². The van der Waals surface area contributed by atoms with E-state index in [0.29, 0.717) is 34.1 Å². The highest BCUT2D eigenvalue weighted by molar-refractivity contribution is 9.10. The molecule has 4 rings (SSSR count). The van der Waals surface area contributed by atoms with E-state index in [-0.39, 0.29) is 18.1 Å². The number of carbonyl (C=O) groups excluding carboxylic acids is 1. The van der Waals surface area contributed by atoms with Crippen LogP contribution >= 0.6 is 15.9 Å². The predicted molar refractivity (Wildman–Crippen MR) is 111 cm³/mol. The molecule has 0 atom stereocenters. The molecule has 2 aromatic carbocycles. The number of fused-ring (bicyclic) bond motifs is 1. The Hall–Kier alpha value is -3.39. The van der Waals surface area contributed by atoms with Crippen molar-refractivity contribution in [2.75, 3.05) is 5.32 Å². The highest BCUT2D eigenvalue weighted by atomic mass is 79.9. The van der Waals surface area contributed by atoms with E-state index in [1.165, 1.54) is 6.07 Å². The van der Waals surface area contributed by atoms with Crippen LogP contribution in [-0.4, -0.2) is 15.5 Å². The first kappa shape index (κ1) is 18.9. The fourth-order valence-electron chi connectivity index (χ4n) is 2.74. The number of rotatable bonds is 5. The minimum Gasteiger partial charge on any atom is -0.487 e. The lowest BCUT2D eigenvalue weighted by molar-refractivity contribution is 0.102. The zero-order valence-corrected chi connectivity index (χ0v) is 17.0. The van der Waals surface area contributed by atoms with Gasteiger partial charge in [0.05, 0.1) is 5.69 Å². The molecule has 146 valence electrons. The zero-order chi connectivity index (χ0) is 20.4. The summed E-state index contributed by atoms with van der Waals surface area (Å²) in [5.41, 5.74) is 1.86. The number of amides is 1. The summed E-state index contributed by atoms with van der Waals surface area (Å²) in [6, 6.07) is 17.1. The summed E-state index contributed by atoms with van der Waals surface area (Å²) in [4.78, 5) is 28.6. The van der Waals surface area contributed by atoms with Gasteiger partial charge in [0.25, 0.3) is 11.5 Å². The monoisotopic (exact) mass is 453 g/mol. The average Bonchev–Trinajstić information content (AvgIpc) is 3.09. The number of aryl methyl sites for hydroxylation is 1. The Morgan fingerprint density at radius 1 is 1.14 bits per heavy atom. The van der Waals surface area contributed by atoms with Crippen LogP contribution in [-0.2, 0) is 6.61 Å². The highest BCUT2D eigenvalue weighted by Gasteiger charge is 2.08. The van der Waals surface area contributed by atoms with Gasteiger partial charge < -0.3 is 14.6 Å². The molecule has 7 nitrogen and oxygen atoms in total. The number of aromatic nitrogens is 2. The fraction of sp³-hybridized carbons (Fsp3) is 0.0952. The molecule has 0 saturated carbocycles. The average molecular weight is 454 g/mol. The van der Waals surface area contributed by atoms with E-state index in [0.717, 1.165) is 9.05 Å². The maximum atomic E-state index is 12.3. The Morgan fingerprint density at radius 2 is 1.86 bits per heavy atom. The molecule has 29 heavy (non-hydrogen) atoms. The number of hydrogen-bond donors (Lipinski definition) is 1. The van der Waals surface area contributed by atoms with Crippen LogP contribution in [0, 0.1) is 6.92 Å². The van der Waals surface area contributed by atoms with E-state index in [2.05, 4.69) is 26.2 Å². The summed E-state index contributed by atoms with van der Waals surface area (Å²) in [6.45, 7) is 1.89. The molecule has 0 aliphatic rings. The Morgan fingerprint density at radius 3 is 2.59 bits per heavy atom. The van der Waals surface area contributed by atoms with E-state index < -0.39 is 0 Å². The molecule has 0 spiro atoms. The van der Waals surface area contributed by atoms with E-state index in [4.69, 9.17) is 9.26 Å². The van der Waals surface area contributed by atoms with Crippen molar-refractivity contribution < 1.29 is 14.1 Å². The third kappa shape index (κ3) is 4.38. The van der Waals surface area contributed by atoms with Crippen LogP contribution in [0.1, 0.15) is 21.8 Å². The first-order chi connectivity index (χ1) is 14.0. The lowest BCUT2D eigenvalue weighted by atomic mass is 10.2. The molecule has 0 saturated heterocycles. The second-order valence-corrected chi connectivity index (χ2v) is 7.27. The van der Waals surface area contributed by atoms with Crippen LogP contribution in [0.25, 0.3) is 5.65 Å². The number of anilines is 1. The number of ether oxygens (including phenoxy) is 1. The van der Waals surface area contributed by atoms with Gasteiger partial charge in [0.15, 0.2) is 5.65 Å². The number of carbonyl (C=O) groups is 1. The van der Waals surface area contributed by atoms with Crippen molar-refractivity contribution in [2.45, 2.75) is 13.5 Å². The number of nitrogens with one attached hydrogen (secondary N) is 1. The molecule has 2 heterocycles. The van der Waals surface area contributed by atoms with E-state index in [9.17, 15) is 9.59 Å². The lowest BCUT2D eigenvalue weighted by Crippen LogP contribution is -2.14. The fourth-order valence-corrected chi connectivity index (χ4v) is 3.01.